The van der Waals surface area contributed by atoms with Crippen LogP contribution < -0.4 is 0 Å². The van der Waals surface area contributed by atoms with Crippen molar-refractivity contribution in [3.63, 3.8) is 0 Å². The Morgan fingerprint density at radius 3 is 2.38 bits per heavy atom. The number of carbonyl (C=O) groups is 1. The number of thioether (sulfide) groups is 1. The molecule has 16 heavy (non-hydrogen) atoms. The Balaban J connectivity index is 2.30. The van der Waals surface area contributed by atoms with Gasteiger partial charge >= 0.3 is 0 Å². The van der Waals surface area contributed by atoms with E-state index in [1.54, 1.807) is 11.8 Å². The molecule has 0 unspecified atom stereocenters. The molecule has 0 aliphatic heterocycles. The van der Waals surface area contributed by atoms with Gasteiger partial charge in [-0.25, -0.2) is 0 Å². The van der Waals surface area contributed by atoms with Crippen molar-refractivity contribution >= 4 is 17.5 Å². The van der Waals surface area contributed by atoms with Crippen LogP contribution in [-0.2, 0) is 4.79 Å². The predicted octanol–water partition coefficient (Wildman–Crippen LogP) is 4.17. The zero-order valence-corrected chi connectivity index (χ0v) is 10.9. The standard InChI is InChI=1S/C14H20OS/c1-3-12(4-2)10-13(15)11-16-14-8-6-5-7-9-14/h5-9,12H,3-4,10-11H2,1-2H3. The summed E-state index contributed by atoms with van der Waals surface area (Å²) in [7, 11) is 0. The maximum atomic E-state index is 11.7. The molecule has 0 aromatic heterocycles. The van der Waals surface area contributed by atoms with E-state index in [0.29, 0.717) is 17.5 Å². The van der Waals surface area contributed by atoms with Crippen molar-refractivity contribution in [1.82, 2.24) is 0 Å². The largest absolute Gasteiger partial charge is 0.299 e. The van der Waals surface area contributed by atoms with Crippen molar-refractivity contribution in [2.45, 2.75) is 38.0 Å². The Labute approximate surface area is 103 Å². The number of hydrogen-bond acceptors (Lipinski definition) is 2. The molecule has 0 radical (unpaired) electrons. The first-order valence-electron chi connectivity index (χ1n) is 5.95. The van der Waals surface area contributed by atoms with Gasteiger partial charge in [0.1, 0.15) is 5.78 Å². The van der Waals surface area contributed by atoms with E-state index in [2.05, 4.69) is 26.0 Å². The van der Waals surface area contributed by atoms with E-state index >= 15 is 0 Å². The van der Waals surface area contributed by atoms with Crippen LogP contribution in [0.2, 0.25) is 0 Å². The van der Waals surface area contributed by atoms with E-state index in [1.807, 2.05) is 18.2 Å². The maximum Gasteiger partial charge on any atom is 0.143 e. The molecule has 1 nitrogen and oxygen atoms in total. The van der Waals surface area contributed by atoms with E-state index < -0.39 is 0 Å². The van der Waals surface area contributed by atoms with Crippen molar-refractivity contribution < 1.29 is 4.79 Å². The molecule has 0 saturated heterocycles. The van der Waals surface area contributed by atoms with Crippen LogP contribution in [0.15, 0.2) is 35.2 Å². The predicted molar refractivity (Wildman–Crippen MR) is 70.9 cm³/mol. The smallest absolute Gasteiger partial charge is 0.143 e. The van der Waals surface area contributed by atoms with Crippen molar-refractivity contribution in [3.05, 3.63) is 30.3 Å². The molecule has 0 heterocycles. The van der Waals surface area contributed by atoms with E-state index in [1.165, 1.54) is 4.90 Å². The summed E-state index contributed by atoms with van der Waals surface area (Å²) in [6.07, 6.45) is 2.96. The minimum absolute atomic E-state index is 0.377. The Morgan fingerprint density at radius 1 is 1.19 bits per heavy atom. The van der Waals surface area contributed by atoms with Gasteiger partial charge < -0.3 is 0 Å². The summed E-state index contributed by atoms with van der Waals surface area (Å²) < 4.78 is 0. The quantitative estimate of drug-likeness (QED) is 0.661. The maximum absolute atomic E-state index is 11.7. The lowest BCUT2D eigenvalue weighted by Gasteiger charge is -2.10. The highest BCUT2D eigenvalue weighted by atomic mass is 32.2. The molecule has 2 heteroatoms. The van der Waals surface area contributed by atoms with E-state index in [4.69, 9.17) is 0 Å². The second-order valence-corrected chi connectivity index (χ2v) is 5.08. The lowest BCUT2D eigenvalue weighted by molar-refractivity contribution is -0.117. The zero-order chi connectivity index (χ0) is 11.8. The highest BCUT2D eigenvalue weighted by Crippen LogP contribution is 2.19. The Kier molecular flexibility index (Phi) is 6.24. The molecular formula is C14H20OS. The minimum atomic E-state index is 0.377. The van der Waals surface area contributed by atoms with Gasteiger partial charge in [-0.05, 0) is 18.1 Å². The van der Waals surface area contributed by atoms with Crippen molar-refractivity contribution in [2.75, 3.05) is 5.75 Å². The molecule has 0 spiro atoms. The van der Waals surface area contributed by atoms with Gasteiger partial charge in [0.25, 0.3) is 0 Å². The Hall–Kier alpha value is -0.760. The fraction of sp³-hybridized carbons (Fsp3) is 0.500. The van der Waals surface area contributed by atoms with E-state index in [9.17, 15) is 4.79 Å². The molecule has 0 amide bonds. The monoisotopic (exact) mass is 236 g/mol. The molecule has 88 valence electrons. The molecule has 1 aromatic rings. The summed E-state index contributed by atoms with van der Waals surface area (Å²) in [6.45, 7) is 4.32. The molecule has 0 fully saturated rings. The number of Topliss-reactive ketones (excluding diaryl/α,β-unsaturated/α-hetero) is 1. The van der Waals surface area contributed by atoms with Crippen LogP contribution in [-0.4, -0.2) is 11.5 Å². The van der Waals surface area contributed by atoms with Gasteiger partial charge in [0.2, 0.25) is 0 Å². The number of rotatable bonds is 7. The van der Waals surface area contributed by atoms with Crippen LogP contribution >= 0.6 is 11.8 Å². The minimum Gasteiger partial charge on any atom is -0.299 e. The average Bonchev–Trinajstić information content (AvgIpc) is 2.34. The lowest BCUT2D eigenvalue weighted by Crippen LogP contribution is -2.09. The third-order valence-electron chi connectivity index (χ3n) is 2.81. The third-order valence-corrected chi connectivity index (χ3v) is 3.89. The molecule has 0 bridgehead atoms. The topological polar surface area (TPSA) is 17.1 Å². The SMILES string of the molecule is CCC(CC)CC(=O)CSc1ccccc1. The first-order chi connectivity index (χ1) is 7.76. The average molecular weight is 236 g/mol. The van der Waals surface area contributed by atoms with Crippen molar-refractivity contribution in [2.24, 2.45) is 5.92 Å². The second-order valence-electron chi connectivity index (χ2n) is 4.03. The van der Waals surface area contributed by atoms with Gasteiger partial charge in [0.05, 0.1) is 5.75 Å². The molecule has 0 aliphatic carbocycles. The molecule has 0 atom stereocenters. The summed E-state index contributed by atoms with van der Waals surface area (Å²) >= 11 is 1.64. The Morgan fingerprint density at radius 2 is 1.81 bits per heavy atom. The summed E-state index contributed by atoms with van der Waals surface area (Å²) in [5.74, 6) is 1.56. The van der Waals surface area contributed by atoms with Gasteiger partial charge in [-0.3, -0.25) is 4.79 Å². The highest BCUT2D eigenvalue weighted by molar-refractivity contribution is 8.00. The third kappa shape index (κ3) is 4.84. The normalized spacial score (nSPS) is 10.7. The van der Waals surface area contributed by atoms with Crippen LogP contribution in [0.3, 0.4) is 0 Å². The first-order valence-corrected chi connectivity index (χ1v) is 6.94. The van der Waals surface area contributed by atoms with Crippen LogP contribution in [0.5, 0.6) is 0 Å². The number of hydrogen-bond donors (Lipinski definition) is 0. The van der Waals surface area contributed by atoms with Gasteiger partial charge in [-0.2, -0.15) is 0 Å². The summed E-state index contributed by atoms with van der Waals surface area (Å²) in [5, 5.41) is 0. The van der Waals surface area contributed by atoms with E-state index in [-0.39, 0.29) is 0 Å². The molecule has 0 saturated carbocycles. The van der Waals surface area contributed by atoms with Crippen molar-refractivity contribution in [1.29, 1.82) is 0 Å². The van der Waals surface area contributed by atoms with Crippen molar-refractivity contribution in [3.8, 4) is 0 Å². The van der Waals surface area contributed by atoms with Crippen LogP contribution in [0.4, 0.5) is 0 Å². The van der Waals surface area contributed by atoms with Crippen LogP contribution in [0.1, 0.15) is 33.1 Å². The van der Waals surface area contributed by atoms with Gasteiger partial charge in [-0.15, -0.1) is 11.8 Å². The summed E-state index contributed by atoms with van der Waals surface area (Å²) in [4.78, 5) is 12.9. The van der Waals surface area contributed by atoms with Gasteiger partial charge in [-0.1, -0.05) is 44.9 Å². The molecular weight excluding hydrogens is 216 g/mol. The second kappa shape index (κ2) is 7.50. The molecule has 0 aliphatic rings. The fourth-order valence-corrected chi connectivity index (χ4v) is 2.43. The zero-order valence-electron chi connectivity index (χ0n) is 10.1. The van der Waals surface area contributed by atoms with E-state index in [0.717, 1.165) is 19.3 Å². The molecule has 0 N–H and O–H groups in total. The van der Waals surface area contributed by atoms with Gasteiger partial charge in [0, 0.05) is 11.3 Å². The molecule has 1 aromatic carbocycles. The Bertz CT molecular complexity index is 304. The summed E-state index contributed by atoms with van der Waals surface area (Å²) in [5.41, 5.74) is 0. The number of benzene rings is 1. The summed E-state index contributed by atoms with van der Waals surface area (Å²) in [6, 6.07) is 10.1. The number of ketones is 1. The highest BCUT2D eigenvalue weighted by Gasteiger charge is 2.10. The first kappa shape index (κ1) is 13.3. The number of carbonyl (C=O) groups excluding carboxylic acids is 1. The lowest BCUT2D eigenvalue weighted by atomic mass is 9.98. The molecule has 1 rings (SSSR count). The van der Waals surface area contributed by atoms with Crippen LogP contribution in [0, 0.1) is 5.92 Å². The fourth-order valence-electron chi connectivity index (χ4n) is 1.64. The van der Waals surface area contributed by atoms with Crippen LogP contribution in [0.25, 0.3) is 0 Å². The van der Waals surface area contributed by atoms with Gasteiger partial charge in [0.15, 0.2) is 0 Å².